The van der Waals surface area contributed by atoms with Crippen molar-refractivity contribution in [3.05, 3.63) is 0 Å². The predicted octanol–water partition coefficient (Wildman–Crippen LogP) is 1.90. The minimum Gasteiger partial charge on any atom is -0.460 e. The van der Waals surface area contributed by atoms with Gasteiger partial charge in [0.15, 0.2) is 0 Å². The molecule has 0 aliphatic rings. The van der Waals surface area contributed by atoms with Crippen LogP contribution in [0.25, 0.3) is 0 Å². The summed E-state index contributed by atoms with van der Waals surface area (Å²) in [6.45, 7) is 1.88. The lowest BCUT2D eigenvalue weighted by Crippen LogP contribution is -2.26. The lowest BCUT2D eigenvalue weighted by atomic mass is 10.2. The van der Waals surface area contributed by atoms with Crippen LogP contribution in [0.4, 0.5) is 0 Å². The van der Waals surface area contributed by atoms with Crippen LogP contribution >= 0.6 is 27.5 Å². The predicted molar refractivity (Wildman–Crippen MR) is 54.3 cm³/mol. The molecule has 0 saturated heterocycles. The molecule has 0 aromatic heterocycles. The fourth-order valence-corrected chi connectivity index (χ4v) is 1.38. The lowest BCUT2D eigenvalue weighted by Gasteiger charge is -2.06. The Labute approximate surface area is 90.9 Å². The van der Waals surface area contributed by atoms with E-state index in [-0.39, 0.29) is 6.61 Å². The molecule has 0 aromatic rings. The summed E-state index contributed by atoms with van der Waals surface area (Å²) in [5, 5.41) is 0. The first-order valence-electron chi connectivity index (χ1n) is 4.04. The second-order valence-corrected chi connectivity index (χ2v) is 3.87. The van der Waals surface area contributed by atoms with Crippen molar-refractivity contribution in [2.75, 3.05) is 12.5 Å². The van der Waals surface area contributed by atoms with Gasteiger partial charge in [-0.3, -0.25) is 4.79 Å². The zero-order valence-corrected chi connectivity index (χ0v) is 9.73. The molecule has 76 valence electrons. The van der Waals surface area contributed by atoms with E-state index in [9.17, 15) is 9.59 Å². The molecule has 13 heavy (non-hydrogen) atoms. The summed E-state index contributed by atoms with van der Waals surface area (Å²) < 4.78 is 4.55. The van der Waals surface area contributed by atoms with Crippen LogP contribution in [-0.2, 0) is 14.3 Å². The molecule has 0 fully saturated rings. The third-order valence-corrected chi connectivity index (χ3v) is 2.49. The van der Waals surface area contributed by atoms with Crippen molar-refractivity contribution in [3.8, 4) is 0 Å². The van der Waals surface area contributed by atoms with Crippen LogP contribution in [0.5, 0.6) is 0 Å². The minimum absolute atomic E-state index is 0.222. The van der Waals surface area contributed by atoms with Gasteiger partial charge in [-0.1, -0.05) is 15.9 Å². The smallest absolute Gasteiger partial charge is 0.375 e. The van der Waals surface area contributed by atoms with Crippen molar-refractivity contribution in [3.63, 3.8) is 0 Å². The highest BCUT2D eigenvalue weighted by Gasteiger charge is 2.23. The van der Waals surface area contributed by atoms with Crippen LogP contribution in [0.1, 0.15) is 19.8 Å². The van der Waals surface area contributed by atoms with Gasteiger partial charge < -0.3 is 4.74 Å². The Bertz CT molecular complexity index is 184. The summed E-state index contributed by atoms with van der Waals surface area (Å²) in [7, 11) is 0. The van der Waals surface area contributed by atoms with Crippen molar-refractivity contribution in [2.45, 2.75) is 24.6 Å². The number of rotatable bonds is 6. The molecule has 0 aromatic carbocycles. The van der Waals surface area contributed by atoms with E-state index < -0.39 is 16.6 Å². The summed E-state index contributed by atoms with van der Waals surface area (Å²) >= 11 is 8.55. The van der Waals surface area contributed by atoms with Gasteiger partial charge in [0.2, 0.25) is 0 Å². The SMILES string of the molecule is CCOC(=O)C(=O)[C@@H](Br)CCCCl. The number of alkyl halides is 2. The standard InChI is InChI=1S/C8H12BrClO3/c1-2-13-8(12)7(11)6(9)4-3-5-10/h6H,2-5H2,1H3/t6-/m0/s1. The topological polar surface area (TPSA) is 43.4 Å². The van der Waals surface area contributed by atoms with E-state index >= 15 is 0 Å². The zero-order chi connectivity index (χ0) is 10.3. The van der Waals surface area contributed by atoms with E-state index in [1.54, 1.807) is 6.92 Å². The Morgan fingerprint density at radius 2 is 2.15 bits per heavy atom. The van der Waals surface area contributed by atoms with Gasteiger partial charge in [0.1, 0.15) is 0 Å². The van der Waals surface area contributed by atoms with Gasteiger partial charge in [0.25, 0.3) is 5.78 Å². The first kappa shape index (κ1) is 12.9. The van der Waals surface area contributed by atoms with Crippen LogP contribution in [0.3, 0.4) is 0 Å². The molecule has 0 rings (SSSR count). The molecule has 0 aliphatic heterocycles. The Hall–Kier alpha value is -0.0900. The number of carbonyl (C=O) groups is 2. The van der Waals surface area contributed by atoms with Gasteiger partial charge in [-0.2, -0.15) is 0 Å². The summed E-state index contributed by atoms with van der Waals surface area (Å²) in [5.41, 5.74) is 0. The molecule has 3 nitrogen and oxygen atoms in total. The number of Topliss-reactive ketones (excluding diaryl/α,β-unsaturated/α-hetero) is 1. The zero-order valence-electron chi connectivity index (χ0n) is 7.39. The monoisotopic (exact) mass is 270 g/mol. The summed E-state index contributed by atoms with van der Waals surface area (Å²) in [5.74, 6) is -0.830. The summed E-state index contributed by atoms with van der Waals surface area (Å²) in [6, 6.07) is 0. The average Bonchev–Trinajstić information content (AvgIpc) is 2.13. The second-order valence-electron chi connectivity index (χ2n) is 2.38. The van der Waals surface area contributed by atoms with E-state index in [1.165, 1.54) is 0 Å². The molecule has 0 bridgehead atoms. The Morgan fingerprint density at radius 3 is 2.62 bits per heavy atom. The van der Waals surface area contributed by atoms with E-state index in [4.69, 9.17) is 11.6 Å². The lowest BCUT2D eigenvalue weighted by molar-refractivity contribution is -0.153. The van der Waals surface area contributed by atoms with Crippen molar-refractivity contribution < 1.29 is 14.3 Å². The van der Waals surface area contributed by atoms with Crippen molar-refractivity contribution >= 4 is 39.3 Å². The first-order valence-corrected chi connectivity index (χ1v) is 5.49. The fourth-order valence-electron chi connectivity index (χ4n) is 0.718. The quantitative estimate of drug-likeness (QED) is 0.421. The molecule has 0 spiro atoms. The minimum atomic E-state index is -0.779. The van der Waals surface area contributed by atoms with Gasteiger partial charge in [-0.15, -0.1) is 11.6 Å². The average molecular weight is 272 g/mol. The first-order chi connectivity index (χ1) is 6.13. The molecule has 0 heterocycles. The van der Waals surface area contributed by atoms with E-state index in [0.717, 1.165) is 0 Å². The van der Waals surface area contributed by atoms with Gasteiger partial charge in [0, 0.05) is 5.88 Å². The van der Waals surface area contributed by atoms with E-state index in [2.05, 4.69) is 20.7 Å². The fraction of sp³-hybridized carbons (Fsp3) is 0.750. The van der Waals surface area contributed by atoms with Gasteiger partial charge in [0.05, 0.1) is 11.4 Å². The van der Waals surface area contributed by atoms with Crippen LogP contribution in [0.15, 0.2) is 0 Å². The highest BCUT2D eigenvalue weighted by atomic mass is 79.9. The molecule has 1 atom stereocenters. The summed E-state index contributed by atoms with van der Waals surface area (Å²) in [6.07, 6.45) is 1.25. The second kappa shape index (κ2) is 7.33. The Balaban J connectivity index is 3.87. The van der Waals surface area contributed by atoms with E-state index in [1.807, 2.05) is 0 Å². The molecule has 0 saturated carbocycles. The number of hydrogen-bond acceptors (Lipinski definition) is 3. The molecular formula is C8H12BrClO3. The molecule has 0 aliphatic carbocycles. The molecule has 0 N–H and O–H groups in total. The molecule has 0 amide bonds. The molecule has 0 unspecified atom stereocenters. The van der Waals surface area contributed by atoms with Crippen LogP contribution in [0.2, 0.25) is 0 Å². The van der Waals surface area contributed by atoms with Crippen molar-refractivity contribution in [1.29, 1.82) is 0 Å². The Kier molecular flexibility index (Phi) is 7.28. The van der Waals surface area contributed by atoms with Crippen molar-refractivity contribution in [2.24, 2.45) is 0 Å². The van der Waals surface area contributed by atoms with Crippen LogP contribution in [-0.4, -0.2) is 29.1 Å². The Morgan fingerprint density at radius 1 is 1.54 bits per heavy atom. The molecule has 5 heteroatoms. The van der Waals surface area contributed by atoms with Gasteiger partial charge >= 0.3 is 5.97 Å². The highest BCUT2D eigenvalue weighted by molar-refractivity contribution is 9.10. The number of ether oxygens (including phenoxy) is 1. The maximum Gasteiger partial charge on any atom is 0.375 e. The highest BCUT2D eigenvalue weighted by Crippen LogP contribution is 2.10. The normalized spacial score (nSPS) is 12.2. The summed E-state index contributed by atoms with van der Waals surface area (Å²) in [4.78, 5) is 21.6. The third-order valence-electron chi connectivity index (χ3n) is 1.35. The van der Waals surface area contributed by atoms with Crippen LogP contribution in [0, 0.1) is 0 Å². The number of ketones is 1. The van der Waals surface area contributed by atoms with Crippen molar-refractivity contribution in [1.82, 2.24) is 0 Å². The van der Waals surface area contributed by atoms with Gasteiger partial charge in [-0.25, -0.2) is 4.79 Å². The molecular weight excluding hydrogens is 259 g/mol. The third kappa shape index (κ3) is 5.26. The largest absolute Gasteiger partial charge is 0.460 e. The van der Waals surface area contributed by atoms with Crippen LogP contribution < -0.4 is 0 Å². The molecule has 0 radical (unpaired) electrons. The number of esters is 1. The number of carbonyl (C=O) groups excluding carboxylic acids is 2. The van der Waals surface area contributed by atoms with E-state index in [0.29, 0.717) is 18.7 Å². The van der Waals surface area contributed by atoms with Gasteiger partial charge in [-0.05, 0) is 19.8 Å². The maximum absolute atomic E-state index is 11.2. The number of halogens is 2. The number of hydrogen-bond donors (Lipinski definition) is 0. The maximum atomic E-state index is 11.2.